The zero-order valence-electron chi connectivity index (χ0n) is 10.3. The van der Waals surface area contributed by atoms with E-state index >= 15 is 0 Å². The van der Waals surface area contributed by atoms with Crippen LogP contribution in [0.15, 0.2) is 34.7 Å². The largest absolute Gasteiger partial charge is 0.458 e. The molecule has 1 aromatic carbocycles. The number of aliphatic hydroxyl groups is 2. The molecule has 1 atom stereocenters. The van der Waals surface area contributed by atoms with Crippen LogP contribution in [0.1, 0.15) is 44.0 Å². The van der Waals surface area contributed by atoms with Gasteiger partial charge in [-0.3, -0.25) is 0 Å². The summed E-state index contributed by atoms with van der Waals surface area (Å²) in [7, 11) is 0. The molecule has 0 saturated heterocycles. The molecule has 0 spiro atoms. The van der Waals surface area contributed by atoms with Crippen LogP contribution < -0.4 is 0 Å². The number of para-hydroxylation sites is 1. The van der Waals surface area contributed by atoms with E-state index in [2.05, 4.69) is 0 Å². The summed E-state index contributed by atoms with van der Waals surface area (Å²) < 4.78 is 5.64. The van der Waals surface area contributed by atoms with E-state index in [0.717, 1.165) is 30.2 Å². The lowest BCUT2D eigenvalue weighted by Crippen LogP contribution is -2.38. The van der Waals surface area contributed by atoms with Crippen molar-refractivity contribution in [2.75, 3.05) is 0 Å². The first-order valence-electron chi connectivity index (χ1n) is 6.58. The molecule has 1 aliphatic rings. The van der Waals surface area contributed by atoms with Gasteiger partial charge in [-0.05, 0) is 25.0 Å². The smallest absolute Gasteiger partial charge is 0.140 e. The topological polar surface area (TPSA) is 53.6 Å². The zero-order valence-corrected chi connectivity index (χ0v) is 10.3. The van der Waals surface area contributed by atoms with Crippen LogP contribution in [0.5, 0.6) is 0 Å². The quantitative estimate of drug-likeness (QED) is 0.855. The van der Waals surface area contributed by atoms with E-state index in [0.29, 0.717) is 18.6 Å². The van der Waals surface area contributed by atoms with Crippen molar-refractivity contribution in [3.8, 4) is 0 Å². The van der Waals surface area contributed by atoms with Crippen LogP contribution in [0.4, 0.5) is 0 Å². The molecule has 0 aliphatic heterocycles. The molecule has 3 nitrogen and oxygen atoms in total. The maximum absolute atomic E-state index is 10.5. The number of aliphatic hydroxyl groups excluding tert-OH is 1. The van der Waals surface area contributed by atoms with E-state index in [1.54, 1.807) is 0 Å². The molecule has 0 bridgehead atoms. The Hall–Kier alpha value is -1.32. The Morgan fingerprint density at radius 1 is 1.11 bits per heavy atom. The van der Waals surface area contributed by atoms with E-state index in [4.69, 9.17) is 4.42 Å². The van der Waals surface area contributed by atoms with Gasteiger partial charge in [0.1, 0.15) is 17.4 Å². The van der Waals surface area contributed by atoms with Gasteiger partial charge >= 0.3 is 0 Å². The molecular formula is C15H18O3. The van der Waals surface area contributed by atoms with Crippen molar-refractivity contribution in [1.29, 1.82) is 0 Å². The summed E-state index contributed by atoms with van der Waals surface area (Å²) in [5.41, 5.74) is -0.266. The normalized spacial score (nSPS) is 21.0. The first-order valence-corrected chi connectivity index (χ1v) is 6.58. The third-order valence-corrected chi connectivity index (χ3v) is 3.94. The molecule has 3 rings (SSSR count). The van der Waals surface area contributed by atoms with Crippen molar-refractivity contribution in [2.45, 2.75) is 43.8 Å². The van der Waals surface area contributed by atoms with Crippen molar-refractivity contribution in [3.63, 3.8) is 0 Å². The molecule has 1 fully saturated rings. The Bertz CT molecular complexity index is 504. The van der Waals surface area contributed by atoms with Crippen LogP contribution >= 0.6 is 0 Å². The minimum absolute atomic E-state index is 0.473. The summed E-state index contributed by atoms with van der Waals surface area (Å²) in [6.45, 7) is 0. The number of rotatable bonds is 2. The van der Waals surface area contributed by atoms with Gasteiger partial charge in [-0.2, -0.15) is 0 Å². The minimum atomic E-state index is -1.02. The molecule has 3 heteroatoms. The minimum Gasteiger partial charge on any atom is -0.458 e. The third-order valence-electron chi connectivity index (χ3n) is 3.94. The summed E-state index contributed by atoms with van der Waals surface area (Å²) in [4.78, 5) is 0. The molecule has 1 heterocycles. The van der Waals surface area contributed by atoms with Gasteiger partial charge in [0.15, 0.2) is 0 Å². The van der Waals surface area contributed by atoms with Crippen molar-refractivity contribution in [1.82, 2.24) is 0 Å². The van der Waals surface area contributed by atoms with E-state index in [1.165, 1.54) is 0 Å². The Balaban J connectivity index is 1.93. The molecule has 0 radical (unpaired) electrons. The van der Waals surface area contributed by atoms with Crippen molar-refractivity contribution in [2.24, 2.45) is 0 Å². The summed E-state index contributed by atoms with van der Waals surface area (Å²) in [5.74, 6) is 0.473. The molecule has 1 aliphatic carbocycles. The third kappa shape index (κ3) is 1.93. The lowest BCUT2D eigenvalue weighted by molar-refractivity contribution is -0.106. The average Bonchev–Trinajstić information content (AvgIpc) is 2.82. The number of hydrogen-bond donors (Lipinski definition) is 2. The van der Waals surface area contributed by atoms with E-state index in [1.807, 2.05) is 30.3 Å². The van der Waals surface area contributed by atoms with Crippen LogP contribution in [-0.2, 0) is 0 Å². The summed E-state index contributed by atoms with van der Waals surface area (Å²) in [6, 6.07) is 9.48. The maximum atomic E-state index is 10.5. The van der Waals surface area contributed by atoms with Gasteiger partial charge in [0.25, 0.3) is 0 Å². The standard InChI is InChI=1S/C15H18O3/c16-14(15(17)8-4-1-5-9-15)13-10-11-6-2-3-7-12(11)18-13/h2-3,6-7,10,14,16-17H,1,4-5,8-9H2. The zero-order chi connectivity index (χ0) is 12.6. The van der Waals surface area contributed by atoms with Crippen molar-refractivity contribution in [3.05, 3.63) is 36.1 Å². The molecule has 1 unspecified atom stereocenters. The predicted molar refractivity (Wildman–Crippen MR) is 69.2 cm³/mol. The van der Waals surface area contributed by atoms with Crippen LogP contribution in [0.2, 0.25) is 0 Å². The summed E-state index contributed by atoms with van der Waals surface area (Å²) in [5, 5.41) is 21.8. The van der Waals surface area contributed by atoms with Crippen LogP contribution in [0.3, 0.4) is 0 Å². The molecule has 2 aromatic rings. The molecule has 18 heavy (non-hydrogen) atoms. The Morgan fingerprint density at radius 2 is 1.83 bits per heavy atom. The van der Waals surface area contributed by atoms with E-state index < -0.39 is 11.7 Å². The first-order chi connectivity index (χ1) is 8.69. The molecular weight excluding hydrogens is 228 g/mol. The van der Waals surface area contributed by atoms with Gasteiger partial charge in [0.2, 0.25) is 0 Å². The van der Waals surface area contributed by atoms with Gasteiger partial charge in [0.05, 0.1) is 5.60 Å². The predicted octanol–water partition coefficient (Wildman–Crippen LogP) is 3.16. The molecule has 2 N–H and O–H groups in total. The van der Waals surface area contributed by atoms with Gasteiger partial charge in [0, 0.05) is 5.39 Å². The lowest BCUT2D eigenvalue weighted by Gasteiger charge is -2.35. The summed E-state index contributed by atoms with van der Waals surface area (Å²) >= 11 is 0. The highest BCUT2D eigenvalue weighted by Gasteiger charge is 2.39. The fraction of sp³-hybridized carbons (Fsp3) is 0.467. The van der Waals surface area contributed by atoms with E-state index in [-0.39, 0.29) is 0 Å². The van der Waals surface area contributed by atoms with Gasteiger partial charge in [-0.15, -0.1) is 0 Å². The highest BCUT2D eigenvalue weighted by molar-refractivity contribution is 5.77. The second-order valence-corrected chi connectivity index (χ2v) is 5.25. The number of hydrogen-bond acceptors (Lipinski definition) is 3. The average molecular weight is 246 g/mol. The molecule has 1 aromatic heterocycles. The molecule has 0 amide bonds. The second kappa shape index (κ2) is 4.41. The maximum Gasteiger partial charge on any atom is 0.140 e. The monoisotopic (exact) mass is 246 g/mol. The summed E-state index contributed by atoms with van der Waals surface area (Å²) in [6.07, 6.45) is 3.43. The first kappa shape index (κ1) is 11.8. The lowest BCUT2D eigenvalue weighted by atomic mass is 9.80. The fourth-order valence-corrected chi connectivity index (χ4v) is 2.84. The molecule has 1 saturated carbocycles. The van der Waals surface area contributed by atoms with Gasteiger partial charge in [-0.25, -0.2) is 0 Å². The Kier molecular flexibility index (Phi) is 2.88. The van der Waals surface area contributed by atoms with Crippen LogP contribution in [0.25, 0.3) is 11.0 Å². The Morgan fingerprint density at radius 3 is 2.56 bits per heavy atom. The van der Waals surface area contributed by atoms with E-state index in [9.17, 15) is 10.2 Å². The Labute approximate surface area is 106 Å². The highest BCUT2D eigenvalue weighted by Crippen LogP contribution is 2.39. The molecule has 96 valence electrons. The van der Waals surface area contributed by atoms with Crippen molar-refractivity contribution < 1.29 is 14.6 Å². The SMILES string of the molecule is OC(c1cc2ccccc2o1)C1(O)CCCCC1. The number of fused-ring (bicyclic) bond motifs is 1. The van der Waals surface area contributed by atoms with Crippen LogP contribution in [-0.4, -0.2) is 15.8 Å². The van der Waals surface area contributed by atoms with Crippen LogP contribution in [0, 0.1) is 0 Å². The van der Waals surface area contributed by atoms with Gasteiger partial charge in [-0.1, -0.05) is 37.5 Å². The number of furan rings is 1. The van der Waals surface area contributed by atoms with Gasteiger partial charge < -0.3 is 14.6 Å². The number of benzene rings is 1. The van der Waals surface area contributed by atoms with Crippen molar-refractivity contribution >= 4 is 11.0 Å². The highest BCUT2D eigenvalue weighted by atomic mass is 16.4. The second-order valence-electron chi connectivity index (χ2n) is 5.25. The fourth-order valence-electron chi connectivity index (χ4n) is 2.84.